The summed E-state index contributed by atoms with van der Waals surface area (Å²) in [6.45, 7) is 3.35. The highest BCUT2D eigenvalue weighted by molar-refractivity contribution is 5.96. The van der Waals surface area contributed by atoms with Crippen LogP contribution in [0.1, 0.15) is 6.42 Å². The van der Waals surface area contributed by atoms with E-state index in [2.05, 4.69) is 27.2 Å². The van der Waals surface area contributed by atoms with Gasteiger partial charge in [0, 0.05) is 38.9 Å². The van der Waals surface area contributed by atoms with E-state index >= 15 is 0 Å². The molecule has 0 radical (unpaired) electrons. The molecular weight excluding hydrogens is 296 g/mol. The molecule has 7 heteroatoms. The van der Waals surface area contributed by atoms with Crippen molar-refractivity contribution in [2.45, 2.75) is 12.6 Å². The van der Waals surface area contributed by atoms with Gasteiger partial charge in [-0.1, -0.05) is 0 Å². The Kier molecular flexibility index (Phi) is 4.38. The molecule has 2 aliphatic rings. The van der Waals surface area contributed by atoms with Gasteiger partial charge in [0.25, 0.3) is 0 Å². The van der Waals surface area contributed by atoms with Crippen molar-refractivity contribution < 1.29 is 14.3 Å². The largest absolute Gasteiger partial charge is 0.497 e. The van der Waals surface area contributed by atoms with E-state index in [-0.39, 0.29) is 18.1 Å². The van der Waals surface area contributed by atoms with Gasteiger partial charge in [-0.2, -0.15) is 0 Å². The number of nitrogens with zero attached hydrogens (tertiary/aromatic N) is 3. The SMILES string of the molecule is COc1ccc(N2CCN(C3CC(=O)N(C)C(=O)N3)CC2)cc1. The van der Waals surface area contributed by atoms with Crippen molar-refractivity contribution in [3.63, 3.8) is 0 Å². The van der Waals surface area contributed by atoms with Gasteiger partial charge < -0.3 is 15.0 Å². The Morgan fingerprint density at radius 1 is 1.09 bits per heavy atom. The number of benzene rings is 1. The van der Waals surface area contributed by atoms with E-state index in [0.717, 1.165) is 42.5 Å². The molecule has 7 nitrogen and oxygen atoms in total. The lowest BCUT2D eigenvalue weighted by molar-refractivity contribution is -0.130. The maximum absolute atomic E-state index is 11.8. The van der Waals surface area contributed by atoms with E-state index in [1.54, 1.807) is 7.11 Å². The minimum absolute atomic E-state index is 0.128. The molecule has 2 heterocycles. The molecule has 0 spiro atoms. The van der Waals surface area contributed by atoms with Gasteiger partial charge in [-0.25, -0.2) is 4.79 Å². The average molecular weight is 318 g/mol. The lowest BCUT2D eigenvalue weighted by Crippen LogP contribution is -2.62. The normalized spacial score (nSPS) is 23.0. The van der Waals surface area contributed by atoms with Crippen LogP contribution in [0.15, 0.2) is 24.3 Å². The fourth-order valence-corrected chi connectivity index (χ4v) is 3.01. The molecular formula is C16H22N4O3. The van der Waals surface area contributed by atoms with Gasteiger partial charge in [0.05, 0.1) is 19.7 Å². The first-order valence-electron chi connectivity index (χ1n) is 7.78. The number of nitrogens with one attached hydrogen (secondary N) is 1. The summed E-state index contributed by atoms with van der Waals surface area (Å²) in [5.41, 5.74) is 1.16. The Hall–Kier alpha value is -2.28. The summed E-state index contributed by atoms with van der Waals surface area (Å²) >= 11 is 0. The number of imide groups is 1. The Bertz CT molecular complexity index is 563. The quantitative estimate of drug-likeness (QED) is 0.889. The molecule has 23 heavy (non-hydrogen) atoms. The molecule has 1 atom stereocenters. The van der Waals surface area contributed by atoms with E-state index in [0.29, 0.717) is 6.42 Å². The van der Waals surface area contributed by atoms with Crippen molar-refractivity contribution in [3.05, 3.63) is 24.3 Å². The van der Waals surface area contributed by atoms with Crippen LogP contribution in [-0.4, -0.2) is 68.2 Å². The third-order valence-corrected chi connectivity index (χ3v) is 4.53. The van der Waals surface area contributed by atoms with Crippen LogP contribution in [-0.2, 0) is 4.79 Å². The number of methoxy groups -OCH3 is 1. The predicted octanol–water partition coefficient (Wildman–Crippen LogP) is 0.715. The Morgan fingerprint density at radius 3 is 2.30 bits per heavy atom. The summed E-state index contributed by atoms with van der Waals surface area (Å²) in [5.74, 6) is 0.719. The molecule has 1 aromatic rings. The van der Waals surface area contributed by atoms with Gasteiger partial charge in [0.2, 0.25) is 5.91 Å². The zero-order chi connectivity index (χ0) is 16.4. The molecule has 1 N–H and O–H groups in total. The van der Waals surface area contributed by atoms with Crippen LogP contribution in [0.25, 0.3) is 0 Å². The summed E-state index contributed by atoms with van der Waals surface area (Å²) in [6, 6.07) is 7.70. The highest BCUT2D eigenvalue weighted by Crippen LogP contribution is 2.21. The van der Waals surface area contributed by atoms with Crippen LogP contribution in [0.5, 0.6) is 5.75 Å². The number of hydrogen-bond acceptors (Lipinski definition) is 5. The first-order valence-corrected chi connectivity index (χ1v) is 7.78. The summed E-state index contributed by atoms with van der Waals surface area (Å²) in [4.78, 5) is 29.2. The Labute approximate surface area is 135 Å². The maximum Gasteiger partial charge on any atom is 0.325 e. The number of ether oxygens (including phenoxy) is 1. The molecule has 2 fully saturated rings. The summed E-state index contributed by atoms with van der Waals surface area (Å²) in [7, 11) is 3.17. The number of carbonyl (C=O) groups excluding carboxylic acids is 2. The van der Waals surface area contributed by atoms with E-state index in [9.17, 15) is 9.59 Å². The number of anilines is 1. The second-order valence-electron chi connectivity index (χ2n) is 5.84. The number of hydrogen-bond donors (Lipinski definition) is 1. The fourth-order valence-electron chi connectivity index (χ4n) is 3.01. The van der Waals surface area contributed by atoms with Crippen LogP contribution in [0.2, 0.25) is 0 Å². The number of amides is 3. The lowest BCUT2D eigenvalue weighted by atomic mass is 10.2. The van der Waals surface area contributed by atoms with E-state index < -0.39 is 0 Å². The van der Waals surface area contributed by atoms with Crippen molar-refractivity contribution in [3.8, 4) is 5.75 Å². The molecule has 2 aliphatic heterocycles. The van der Waals surface area contributed by atoms with Crippen LogP contribution < -0.4 is 15.0 Å². The van der Waals surface area contributed by atoms with Crippen molar-refractivity contribution in [2.24, 2.45) is 0 Å². The van der Waals surface area contributed by atoms with Gasteiger partial charge in [0.1, 0.15) is 5.75 Å². The topological polar surface area (TPSA) is 65.1 Å². The molecule has 3 rings (SSSR count). The molecule has 0 bridgehead atoms. The van der Waals surface area contributed by atoms with E-state index in [1.165, 1.54) is 7.05 Å². The Balaban J connectivity index is 1.57. The number of urea groups is 1. The van der Waals surface area contributed by atoms with Crippen molar-refractivity contribution >= 4 is 17.6 Å². The van der Waals surface area contributed by atoms with Crippen LogP contribution in [0, 0.1) is 0 Å². The van der Waals surface area contributed by atoms with Crippen LogP contribution >= 0.6 is 0 Å². The molecule has 124 valence electrons. The zero-order valence-electron chi connectivity index (χ0n) is 13.5. The number of rotatable bonds is 3. The molecule has 3 amide bonds. The highest BCUT2D eigenvalue weighted by Gasteiger charge is 2.34. The first-order chi connectivity index (χ1) is 11.1. The molecule has 0 saturated carbocycles. The summed E-state index contributed by atoms with van der Waals surface area (Å²) in [6.07, 6.45) is 0.148. The molecule has 0 aliphatic carbocycles. The average Bonchev–Trinajstić information content (AvgIpc) is 2.59. The van der Waals surface area contributed by atoms with Gasteiger partial charge >= 0.3 is 6.03 Å². The standard InChI is InChI=1S/C16H22N4O3/c1-18-15(21)11-14(17-16(18)22)20-9-7-19(8-10-20)12-3-5-13(23-2)6-4-12/h3-6,14H,7-11H2,1-2H3,(H,17,22). The molecule has 1 aromatic carbocycles. The smallest absolute Gasteiger partial charge is 0.325 e. The highest BCUT2D eigenvalue weighted by atomic mass is 16.5. The van der Waals surface area contributed by atoms with Crippen molar-refractivity contribution in [1.82, 2.24) is 15.1 Å². The van der Waals surface area contributed by atoms with Crippen LogP contribution in [0.3, 0.4) is 0 Å². The van der Waals surface area contributed by atoms with Gasteiger partial charge in [-0.3, -0.25) is 14.6 Å². The second kappa shape index (κ2) is 6.45. The second-order valence-corrected chi connectivity index (χ2v) is 5.84. The van der Waals surface area contributed by atoms with Crippen molar-refractivity contribution in [2.75, 3.05) is 45.2 Å². The fraction of sp³-hybridized carbons (Fsp3) is 0.500. The molecule has 1 unspecified atom stereocenters. The minimum Gasteiger partial charge on any atom is -0.497 e. The number of piperazine rings is 1. The third-order valence-electron chi connectivity index (χ3n) is 4.53. The van der Waals surface area contributed by atoms with E-state index in [1.807, 2.05) is 12.1 Å². The number of carbonyl (C=O) groups is 2. The van der Waals surface area contributed by atoms with Gasteiger partial charge in [-0.05, 0) is 24.3 Å². The minimum atomic E-state index is -0.316. The third kappa shape index (κ3) is 3.24. The summed E-state index contributed by atoms with van der Waals surface area (Å²) < 4.78 is 5.18. The molecule has 0 aromatic heterocycles. The maximum atomic E-state index is 11.8. The molecule has 2 saturated heterocycles. The lowest BCUT2D eigenvalue weighted by Gasteiger charge is -2.42. The summed E-state index contributed by atoms with van der Waals surface area (Å²) in [5, 5.41) is 2.89. The monoisotopic (exact) mass is 318 g/mol. The van der Waals surface area contributed by atoms with Crippen molar-refractivity contribution in [1.29, 1.82) is 0 Å². The predicted molar refractivity (Wildman–Crippen MR) is 86.5 cm³/mol. The van der Waals surface area contributed by atoms with Gasteiger partial charge in [0.15, 0.2) is 0 Å². The Morgan fingerprint density at radius 2 is 1.74 bits per heavy atom. The zero-order valence-corrected chi connectivity index (χ0v) is 13.5. The van der Waals surface area contributed by atoms with Crippen LogP contribution in [0.4, 0.5) is 10.5 Å². The van der Waals surface area contributed by atoms with Gasteiger partial charge in [-0.15, -0.1) is 0 Å². The first kappa shape index (κ1) is 15.6. The van der Waals surface area contributed by atoms with E-state index in [4.69, 9.17) is 4.74 Å².